The molecule has 0 spiro atoms. The monoisotopic (exact) mass is 260 g/mol. The van der Waals surface area contributed by atoms with E-state index in [-0.39, 0.29) is 5.88 Å². The van der Waals surface area contributed by atoms with Gasteiger partial charge in [0.05, 0.1) is 30.6 Å². The van der Waals surface area contributed by atoms with Crippen LogP contribution in [-0.4, -0.2) is 23.1 Å². The van der Waals surface area contributed by atoms with E-state index in [1.807, 2.05) is 0 Å². The Bertz CT molecular complexity index is 527. The molecule has 0 saturated carbocycles. The van der Waals surface area contributed by atoms with Crippen molar-refractivity contribution in [2.75, 3.05) is 7.11 Å². The molecule has 2 rings (SSSR count). The Hall–Kier alpha value is -1.36. The number of rotatable bonds is 4. The van der Waals surface area contributed by atoms with Gasteiger partial charge in [-0.1, -0.05) is 0 Å². The summed E-state index contributed by atoms with van der Waals surface area (Å²) in [6, 6.07) is 5.15. The predicted octanol–water partition coefficient (Wildman–Crippen LogP) is 3.05. The van der Waals surface area contributed by atoms with Crippen molar-refractivity contribution in [3.05, 3.63) is 24.0 Å². The number of ether oxygens (including phenoxy) is 1. The third kappa shape index (κ3) is 2.34. The maximum absolute atomic E-state index is 12.5. The topological polar surface area (TPSA) is 27.1 Å². The first-order valence-electron chi connectivity index (χ1n) is 5.03. The normalized spacial score (nSPS) is 11.4. The van der Waals surface area contributed by atoms with Gasteiger partial charge in [-0.2, -0.15) is 0 Å². The van der Waals surface area contributed by atoms with Crippen LogP contribution in [-0.2, 0) is 12.4 Å². The van der Waals surface area contributed by atoms with Crippen molar-refractivity contribution in [1.29, 1.82) is 0 Å². The van der Waals surface area contributed by atoms with Crippen LogP contribution in [0.5, 0.6) is 5.75 Å². The van der Waals surface area contributed by atoms with Gasteiger partial charge in [-0.25, -0.2) is 13.8 Å². The van der Waals surface area contributed by atoms with Crippen LogP contribution >= 0.6 is 11.6 Å². The zero-order valence-corrected chi connectivity index (χ0v) is 9.92. The molecule has 0 radical (unpaired) electrons. The van der Waals surface area contributed by atoms with Crippen LogP contribution < -0.4 is 4.74 Å². The molecule has 1 heterocycles. The largest absolute Gasteiger partial charge is 0.497 e. The Morgan fingerprint density at radius 1 is 1.47 bits per heavy atom. The molecule has 6 heteroatoms. The lowest BCUT2D eigenvalue weighted by Gasteiger charge is -2.07. The fourth-order valence-corrected chi connectivity index (χ4v) is 1.93. The summed E-state index contributed by atoms with van der Waals surface area (Å²) in [5.74, 6) is 1.15. The zero-order valence-electron chi connectivity index (χ0n) is 9.16. The van der Waals surface area contributed by atoms with Crippen molar-refractivity contribution < 1.29 is 13.5 Å². The first-order chi connectivity index (χ1) is 8.15. The van der Waals surface area contributed by atoms with Crippen LogP contribution in [0.25, 0.3) is 11.0 Å². The Labute approximate surface area is 102 Å². The summed E-state index contributed by atoms with van der Waals surface area (Å²) in [6.45, 7) is -0.411. The minimum atomic E-state index is -2.44. The Morgan fingerprint density at radius 3 is 2.82 bits per heavy atom. The van der Waals surface area contributed by atoms with Crippen molar-refractivity contribution in [3.8, 4) is 5.75 Å². The average Bonchev–Trinajstić information content (AvgIpc) is 2.66. The van der Waals surface area contributed by atoms with Gasteiger partial charge in [-0.05, 0) is 12.1 Å². The van der Waals surface area contributed by atoms with Gasteiger partial charge < -0.3 is 9.30 Å². The second kappa shape index (κ2) is 4.87. The minimum Gasteiger partial charge on any atom is -0.497 e. The summed E-state index contributed by atoms with van der Waals surface area (Å²) in [5, 5.41) is 0. The maximum atomic E-state index is 12.5. The van der Waals surface area contributed by atoms with Crippen LogP contribution in [0, 0.1) is 0 Å². The van der Waals surface area contributed by atoms with Crippen LogP contribution in [0.15, 0.2) is 18.2 Å². The van der Waals surface area contributed by atoms with E-state index in [9.17, 15) is 8.78 Å². The molecule has 0 aliphatic carbocycles. The van der Waals surface area contributed by atoms with Gasteiger partial charge in [0.25, 0.3) is 6.43 Å². The number of alkyl halides is 3. The summed E-state index contributed by atoms with van der Waals surface area (Å²) >= 11 is 5.70. The van der Waals surface area contributed by atoms with E-state index in [4.69, 9.17) is 16.3 Å². The number of nitrogens with zero attached hydrogens (tertiary/aromatic N) is 2. The van der Waals surface area contributed by atoms with E-state index in [1.165, 1.54) is 11.7 Å². The van der Waals surface area contributed by atoms with Crippen LogP contribution in [0.2, 0.25) is 0 Å². The van der Waals surface area contributed by atoms with E-state index < -0.39 is 13.0 Å². The molecule has 0 bridgehead atoms. The molecule has 0 unspecified atom stereocenters. The first kappa shape index (κ1) is 12.1. The zero-order chi connectivity index (χ0) is 12.4. The van der Waals surface area contributed by atoms with Crippen LogP contribution in [0.4, 0.5) is 8.78 Å². The minimum absolute atomic E-state index is 0.101. The van der Waals surface area contributed by atoms with E-state index in [1.54, 1.807) is 18.2 Å². The molecule has 92 valence electrons. The lowest BCUT2D eigenvalue weighted by Crippen LogP contribution is -2.09. The molecule has 0 N–H and O–H groups in total. The molecule has 0 atom stereocenters. The number of aromatic nitrogens is 2. The standard InChI is InChI=1S/C11H11ClF2N2O/c1-17-7-2-3-8-9(4-7)16(6-10(13)14)11(5-12)15-8/h2-4,10H,5-6H2,1H3. The average molecular weight is 261 g/mol. The highest BCUT2D eigenvalue weighted by atomic mass is 35.5. The van der Waals surface area contributed by atoms with E-state index in [2.05, 4.69) is 4.98 Å². The second-order valence-electron chi connectivity index (χ2n) is 3.52. The Kier molecular flexibility index (Phi) is 3.47. The molecule has 0 fully saturated rings. The third-order valence-corrected chi connectivity index (χ3v) is 2.71. The van der Waals surface area contributed by atoms with E-state index >= 15 is 0 Å². The van der Waals surface area contributed by atoms with Gasteiger partial charge in [0.1, 0.15) is 11.6 Å². The molecule has 0 aliphatic heterocycles. The molecule has 0 saturated heterocycles. The van der Waals surface area contributed by atoms with Crippen molar-refractivity contribution in [2.45, 2.75) is 18.9 Å². The number of halogens is 3. The molecule has 1 aromatic carbocycles. The highest BCUT2D eigenvalue weighted by Crippen LogP contribution is 2.23. The van der Waals surface area contributed by atoms with Gasteiger partial charge in [0, 0.05) is 6.07 Å². The molecule has 3 nitrogen and oxygen atoms in total. The predicted molar refractivity (Wildman–Crippen MR) is 61.8 cm³/mol. The molecule has 2 aromatic rings. The van der Waals surface area contributed by atoms with E-state index in [0.29, 0.717) is 22.6 Å². The fourth-order valence-electron chi connectivity index (χ4n) is 1.72. The van der Waals surface area contributed by atoms with Crippen molar-refractivity contribution in [2.24, 2.45) is 0 Å². The lowest BCUT2D eigenvalue weighted by molar-refractivity contribution is 0.127. The summed E-state index contributed by atoms with van der Waals surface area (Å²) in [6.07, 6.45) is -2.44. The van der Waals surface area contributed by atoms with Crippen molar-refractivity contribution in [3.63, 3.8) is 0 Å². The number of hydrogen-bond acceptors (Lipinski definition) is 2. The Balaban J connectivity index is 2.58. The van der Waals surface area contributed by atoms with Gasteiger partial charge in [-0.15, -0.1) is 11.6 Å². The highest BCUT2D eigenvalue weighted by Gasteiger charge is 2.14. The number of methoxy groups -OCH3 is 1. The van der Waals surface area contributed by atoms with Gasteiger partial charge in [-0.3, -0.25) is 0 Å². The van der Waals surface area contributed by atoms with E-state index in [0.717, 1.165) is 0 Å². The maximum Gasteiger partial charge on any atom is 0.256 e. The summed E-state index contributed by atoms with van der Waals surface area (Å²) < 4.78 is 31.5. The number of fused-ring (bicyclic) bond motifs is 1. The molecule has 0 aliphatic rings. The molecular weight excluding hydrogens is 250 g/mol. The first-order valence-corrected chi connectivity index (χ1v) is 5.56. The number of hydrogen-bond donors (Lipinski definition) is 0. The molecular formula is C11H11ClF2N2O. The second-order valence-corrected chi connectivity index (χ2v) is 3.79. The molecule has 17 heavy (non-hydrogen) atoms. The highest BCUT2D eigenvalue weighted by molar-refractivity contribution is 6.16. The van der Waals surface area contributed by atoms with Gasteiger partial charge in [0.2, 0.25) is 0 Å². The molecule has 0 amide bonds. The smallest absolute Gasteiger partial charge is 0.256 e. The summed E-state index contributed by atoms with van der Waals surface area (Å²) in [5.41, 5.74) is 1.25. The lowest BCUT2D eigenvalue weighted by atomic mass is 10.3. The SMILES string of the molecule is COc1ccc2nc(CCl)n(CC(F)F)c2c1. The third-order valence-electron chi connectivity index (χ3n) is 2.47. The summed E-state index contributed by atoms with van der Waals surface area (Å²) in [7, 11) is 1.53. The van der Waals surface area contributed by atoms with Crippen molar-refractivity contribution in [1.82, 2.24) is 9.55 Å². The van der Waals surface area contributed by atoms with Gasteiger partial charge in [0.15, 0.2) is 0 Å². The number of benzene rings is 1. The van der Waals surface area contributed by atoms with Gasteiger partial charge >= 0.3 is 0 Å². The molecule has 1 aromatic heterocycles. The number of imidazole rings is 1. The van der Waals surface area contributed by atoms with Crippen LogP contribution in [0.3, 0.4) is 0 Å². The fraction of sp³-hybridized carbons (Fsp3) is 0.364. The van der Waals surface area contributed by atoms with Crippen molar-refractivity contribution >= 4 is 22.6 Å². The quantitative estimate of drug-likeness (QED) is 0.790. The summed E-state index contributed by atoms with van der Waals surface area (Å²) in [4.78, 5) is 4.20. The van der Waals surface area contributed by atoms with Crippen LogP contribution in [0.1, 0.15) is 5.82 Å². The Morgan fingerprint density at radius 2 is 2.24 bits per heavy atom.